The first kappa shape index (κ1) is 17.3. The van der Waals surface area contributed by atoms with Crippen molar-refractivity contribution >= 4 is 27.7 Å². The van der Waals surface area contributed by atoms with Crippen molar-refractivity contribution in [2.45, 2.75) is 31.8 Å². The van der Waals surface area contributed by atoms with Gasteiger partial charge in [0, 0.05) is 6.54 Å². The zero-order valence-electron chi connectivity index (χ0n) is 12.9. The lowest BCUT2D eigenvalue weighted by Gasteiger charge is -2.27. The van der Waals surface area contributed by atoms with Crippen LogP contribution < -0.4 is 11.3 Å². The van der Waals surface area contributed by atoms with Gasteiger partial charge in [-0.15, -0.1) is 0 Å². The highest BCUT2D eigenvalue weighted by Gasteiger charge is 2.24. The molecule has 0 amide bonds. The fourth-order valence-corrected chi connectivity index (χ4v) is 4.54. The Morgan fingerprint density at radius 1 is 1.52 bits per heavy atom. The van der Waals surface area contributed by atoms with Gasteiger partial charge in [0.2, 0.25) is 0 Å². The Bertz CT molecular complexity index is 431. The van der Waals surface area contributed by atoms with E-state index in [-0.39, 0.29) is 6.04 Å². The number of rotatable bonds is 7. The number of nitrogens with two attached hydrogens (primary N) is 1. The van der Waals surface area contributed by atoms with Crippen LogP contribution in [-0.4, -0.2) is 46.8 Å². The summed E-state index contributed by atoms with van der Waals surface area (Å²) in [5.41, 5.74) is 4.19. The standard InChI is InChI=1S/C14H26BrN5S/c1-19(2)5-6-20-14(12(15)10-17-20)13(18-16)9-11-3-7-21-8-4-11/h10-11,13,18H,3-9,16H2,1-2H3. The van der Waals surface area contributed by atoms with Gasteiger partial charge in [-0.05, 0) is 66.7 Å². The van der Waals surface area contributed by atoms with Crippen molar-refractivity contribution in [3.63, 3.8) is 0 Å². The van der Waals surface area contributed by atoms with Crippen LogP contribution in [0, 0.1) is 5.92 Å². The molecule has 1 unspecified atom stereocenters. The van der Waals surface area contributed by atoms with E-state index in [1.807, 2.05) is 6.20 Å². The number of halogens is 1. The van der Waals surface area contributed by atoms with E-state index in [9.17, 15) is 0 Å². The van der Waals surface area contributed by atoms with Crippen molar-refractivity contribution in [3.05, 3.63) is 16.4 Å². The normalized spacial score (nSPS) is 18.3. The molecule has 0 bridgehead atoms. The molecule has 1 aromatic rings. The summed E-state index contributed by atoms with van der Waals surface area (Å²) in [5.74, 6) is 9.17. The molecule has 1 aromatic heterocycles. The second-order valence-corrected chi connectivity index (χ2v) is 7.99. The van der Waals surface area contributed by atoms with Gasteiger partial charge < -0.3 is 4.90 Å². The molecule has 0 spiro atoms. The van der Waals surface area contributed by atoms with Gasteiger partial charge >= 0.3 is 0 Å². The van der Waals surface area contributed by atoms with Crippen LogP contribution in [0.3, 0.4) is 0 Å². The van der Waals surface area contributed by atoms with Crippen molar-refractivity contribution < 1.29 is 0 Å². The molecule has 1 aliphatic heterocycles. The Labute approximate surface area is 140 Å². The van der Waals surface area contributed by atoms with Gasteiger partial charge in [0.25, 0.3) is 0 Å². The first-order valence-electron chi connectivity index (χ1n) is 7.51. The molecule has 5 nitrogen and oxygen atoms in total. The number of hydrazine groups is 1. The highest BCUT2D eigenvalue weighted by atomic mass is 79.9. The first-order chi connectivity index (χ1) is 10.1. The van der Waals surface area contributed by atoms with Crippen LogP contribution in [0.15, 0.2) is 10.7 Å². The van der Waals surface area contributed by atoms with Crippen LogP contribution >= 0.6 is 27.7 Å². The summed E-state index contributed by atoms with van der Waals surface area (Å²) >= 11 is 5.70. The molecule has 2 heterocycles. The van der Waals surface area contributed by atoms with Gasteiger partial charge in [0.05, 0.1) is 29.0 Å². The van der Waals surface area contributed by atoms with E-state index in [2.05, 4.69) is 61.9 Å². The van der Waals surface area contributed by atoms with E-state index in [0.29, 0.717) is 0 Å². The van der Waals surface area contributed by atoms with Crippen LogP contribution in [0.25, 0.3) is 0 Å². The molecule has 0 saturated carbocycles. The second-order valence-electron chi connectivity index (χ2n) is 5.91. The lowest BCUT2D eigenvalue weighted by molar-refractivity contribution is 0.337. The predicted molar refractivity (Wildman–Crippen MR) is 93.2 cm³/mol. The molecule has 21 heavy (non-hydrogen) atoms. The third kappa shape index (κ3) is 4.96. The van der Waals surface area contributed by atoms with Crippen molar-refractivity contribution in [1.29, 1.82) is 0 Å². The summed E-state index contributed by atoms with van der Waals surface area (Å²) in [6, 6.07) is 0.164. The summed E-state index contributed by atoms with van der Waals surface area (Å²) in [6.45, 7) is 1.85. The molecule has 0 radical (unpaired) electrons. The van der Waals surface area contributed by atoms with Crippen LogP contribution in [-0.2, 0) is 6.54 Å². The average Bonchev–Trinajstić information content (AvgIpc) is 2.85. The highest BCUT2D eigenvalue weighted by Crippen LogP contribution is 2.33. The topological polar surface area (TPSA) is 59.1 Å². The summed E-state index contributed by atoms with van der Waals surface area (Å²) in [5, 5.41) is 4.49. The van der Waals surface area contributed by atoms with Crippen molar-refractivity contribution in [2.24, 2.45) is 11.8 Å². The zero-order valence-corrected chi connectivity index (χ0v) is 15.3. The molecule has 0 aliphatic carbocycles. The predicted octanol–water partition coefficient (Wildman–Crippen LogP) is 2.24. The Kier molecular flexibility index (Phi) is 7.01. The third-order valence-corrected chi connectivity index (χ3v) is 5.69. The number of nitrogens with one attached hydrogen (secondary N) is 1. The molecule has 3 N–H and O–H groups in total. The minimum absolute atomic E-state index is 0.164. The number of hydrogen-bond acceptors (Lipinski definition) is 5. The van der Waals surface area contributed by atoms with E-state index in [1.165, 1.54) is 30.0 Å². The fourth-order valence-electron chi connectivity index (χ4n) is 2.77. The molecule has 7 heteroatoms. The molecule has 1 atom stereocenters. The Hall–Kier alpha value is -0.0800. The van der Waals surface area contributed by atoms with Gasteiger partial charge in [-0.1, -0.05) is 0 Å². The minimum Gasteiger partial charge on any atom is -0.308 e. The van der Waals surface area contributed by atoms with Gasteiger partial charge in [-0.2, -0.15) is 16.9 Å². The first-order valence-corrected chi connectivity index (χ1v) is 9.46. The van der Waals surface area contributed by atoms with E-state index in [0.717, 1.165) is 29.9 Å². The van der Waals surface area contributed by atoms with Gasteiger partial charge in [0.1, 0.15) is 0 Å². The molecular weight excluding hydrogens is 350 g/mol. The average molecular weight is 376 g/mol. The maximum atomic E-state index is 5.85. The molecule has 0 aromatic carbocycles. The number of likely N-dealkylation sites (N-methyl/N-ethyl adjacent to an activating group) is 1. The second kappa shape index (κ2) is 8.53. The van der Waals surface area contributed by atoms with Crippen LogP contribution in [0.4, 0.5) is 0 Å². The minimum atomic E-state index is 0.164. The Morgan fingerprint density at radius 2 is 2.24 bits per heavy atom. The zero-order chi connectivity index (χ0) is 15.2. The Morgan fingerprint density at radius 3 is 2.86 bits per heavy atom. The van der Waals surface area contributed by atoms with Crippen molar-refractivity contribution in [2.75, 3.05) is 32.1 Å². The SMILES string of the molecule is CN(C)CCn1ncc(Br)c1C(CC1CCSCC1)NN. The lowest BCUT2D eigenvalue weighted by Crippen LogP contribution is -2.33. The fraction of sp³-hybridized carbons (Fsp3) is 0.786. The van der Waals surface area contributed by atoms with Crippen molar-refractivity contribution in [1.82, 2.24) is 20.1 Å². The van der Waals surface area contributed by atoms with Crippen LogP contribution in [0.1, 0.15) is 31.0 Å². The maximum Gasteiger partial charge on any atom is 0.0709 e. The number of thioether (sulfide) groups is 1. The smallest absolute Gasteiger partial charge is 0.0709 e. The summed E-state index contributed by atoms with van der Waals surface area (Å²) in [4.78, 5) is 2.17. The van der Waals surface area contributed by atoms with E-state index >= 15 is 0 Å². The van der Waals surface area contributed by atoms with Crippen molar-refractivity contribution in [3.8, 4) is 0 Å². The molecule has 2 rings (SSSR count). The molecule has 1 fully saturated rings. The number of nitrogens with zero attached hydrogens (tertiary/aromatic N) is 3. The molecule has 1 aliphatic rings. The third-order valence-electron chi connectivity index (χ3n) is 4.03. The van der Waals surface area contributed by atoms with Crippen LogP contribution in [0.2, 0.25) is 0 Å². The van der Waals surface area contributed by atoms with E-state index < -0.39 is 0 Å². The molecule has 1 saturated heterocycles. The Balaban J connectivity index is 2.07. The quantitative estimate of drug-likeness (QED) is 0.565. The summed E-state index contributed by atoms with van der Waals surface area (Å²) in [7, 11) is 4.16. The lowest BCUT2D eigenvalue weighted by atomic mass is 9.93. The molecule has 120 valence electrons. The molecular formula is C14H26BrN5S. The summed E-state index contributed by atoms with van der Waals surface area (Å²) < 4.78 is 3.13. The van der Waals surface area contributed by atoms with Gasteiger partial charge in [-0.25, -0.2) is 0 Å². The maximum absolute atomic E-state index is 5.85. The van der Waals surface area contributed by atoms with E-state index in [1.54, 1.807) is 0 Å². The highest BCUT2D eigenvalue weighted by molar-refractivity contribution is 9.10. The monoisotopic (exact) mass is 375 g/mol. The number of hydrogen-bond donors (Lipinski definition) is 2. The van der Waals surface area contributed by atoms with Crippen LogP contribution in [0.5, 0.6) is 0 Å². The van der Waals surface area contributed by atoms with Gasteiger partial charge in [-0.3, -0.25) is 16.0 Å². The van der Waals surface area contributed by atoms with E-state index in [4.69, 9.17) is 5.84 Å². The summed E-state index contributed by atoms with van der Waals surface area (Å²) in [6.07, 6.45) is 5.56. The number of aromatic nitrogens is 2. The largest absolute Gasteiger partial charge is 0.308 e. The van der Waals surface area contributed by atoms with Gasteiger partial charge in [0.15, 0.2) is 0 Å².